The fourth-order valence-electron chi connectivity index (χ4n) is 5.31. The second-order valence-corrected chi connectivity index (χ2v) is 10.6. The van der Waals surface area contributed by atoms with Crippen LogP contribution in [-0.4, -0.2) is 46.1 Å². The molecule has 35 heavy (non-hydrogen) atoms. The van der Waals surface area contributed by atoms with Crippen LogP contribution in [0.25, 0.3) is 5.57 Å². The number of carbonyl (C=O) groups is 2. The number of rotatable bonds is 9. The summed E-state index contributed by atoms with van der Waals surface area (Å²) in [5, 5.41) is 10.1. The molecule has 2 aliphatic rings. The number of anilines is 2. The van der Waals surface area contributed by atoms with E-state index in [-0.39, 0.29) is 22.7 Å². The predicted molar refractivity (Wildman–Crippen MR) is 141 cm³/mol. The maximum Gasteiger partial charge on any atom is 0.348 e. The highest BCUT2D eigenvalue weighted by Crippen LogP contribution is 2.40. The van der Waals surface area contributed by atoms with Crippen molar-refractivity contribution >= 4 is 40.2 Å². The zero-order valence-electron chi connectivity index (χ0n) is 20.8. The van der Waals surface area contributed by atoms with Crippen molar-refractivity contribution in [2.75, 3.05) is 22.9 Å². The second kappa shape index (κ2) is 11.8. The Balaban J connectivity index is 1.67. The van der Waals surface area contributed by atoms with Gasteiger partial charge >= 0.3 is 5.97 Å². The lowest BCUT2D eigenvalue weighted by atomic mass is 9.94. The van der Waals surface area contributed by atoms with E-state index in [1.54, 1.807) is 0 Å². The number of thiophene rings is 1. The highest BCUT2D eigenvalue weighted by atomic mass is 32.1. The molecule has 8 heteroatoms. The summed E-state index contributed by atoms with van der Waals surface area (Å²) < 4.78 is 0. The molecule has 3 heterocycles. The molecule has 2 aromatic rings. The maximum atomic E-state index is 14.0. The molecule has 1 aliphatic carbocycles. The van der Waals surface area contributed by atoms with Gasteiger partial charge in [-0.15, -0.1) is 11.3 Å². The van der Waals surface area contributed by atoms with E-state index in [4.69, 9.17) is 0 Å². The molecule has 0 aromatic carbocycles. The number of piperidine rings is 1. The number of carbonyl (C=O) groups excluding carboxylic acids is 1. The molecule has 1 N–H and O–H groups in total. The first-order chi connectivity index (χ1) is 17.0. The molecule has 188 valence electrons. The maximum absolute atomic E-state index is 14.0. The number of nitrogens with zero attached hydrogens (tertiary/aromatic N) is 4. The second-order valence-electron chi connectivity index (χ2n) is 9.52. The van der Waals surface area contributed by atoms with Gasteiger partial charge in [-0.1, -0.05) is 26.3 Å². The minimum absolute atomic E-state index is 0.0322. The van der Waals surface area contributed by atoms with E-state index >= 15 is 0 Å². The molecule has 0 spiro atoms. The van der Waals surface area contributed by atoms with E-state index in [1.165, 1.54) is 29.7 Å². The SMILES string of the molecule is CCCC(CC)C(=O)N(c1cc(C2=CCCCC2)sc1C(=O)O)C1CCN(c2cncnc2)CC1. The van der Waals surface area contributed by atoms with Gasteiger partial charge in [0.25, 0.3) is 0 Å². The highest BCUT2D eigenvalue weighted by Gasteiger charge is 2.36. The Bertz CT molecular complexity index is 1040. The van der Waals surface area contributed by atoms with Crippen LogP contribution >= 0.6 is 11.3 Å². The van der Waals surface area contributed by atoms with Crippen molar-refractivity contribution in [1.82, 2.24) is 9.97 Å². The lowest BCUT2D eigenvalue weighted by Gasteiger charge is -2.40. The number of hydrogen-bond acceptors (Lipinski definition) is 6. The van der Waals surface area contributed by atoms with Crippen molar-refractivity contribution in [3.63, 3.8) is 0 Å². The first kappa shape index (κ1) is 25.4. The number of carboxylic acid groups (broad SMARTS) is 1. The van der Waals surface area contributed by atoms with Crippen LogP contribution < -0.4 is 9.80 Å². The largest absolute Gasteiger partial charge is 0.477 e. The van der Waals surface area contributed by atoms with Crippen molar-refractivity contribution in [3.05, 3.63) is 40.6 Å². The molecule has 4 rings (SSSR count). The average molecular weight is 497 g/mol. The molecule has 1 aliphatic heterocycles. The van der Waals surface area contributed by atoms with E-state index in [9.17, 15) is 14.7 Å². The van der Waals surface area contributed by atoms with E-state index in [0.717, 1.165) is 75.0 Å². The Hall–Kier alpha value is -2.74. The van der Waals surface area contributed by atoms with Gasteiger partial charge in [0.15, 0.2) is 0 Å². The van der Waals surface area contributed by atoms with Crippen LogP contribution in [-0.2, 0) is 4.79 Å². The molecule has 1 amide bonds. The lowest BCUT2D eigenvalue weighted by molar-refractivity contribution is -0.123. The fourth-order valence-corrected chi connectivity index (χ4v) is 6.37. The number of amides is 1. The van der Waals surface area contributed by atoms with Crippen molar-refractivity contribution in [3.8, 4) is 0 Å². The summed E-state index contributed by atoms with van der Waals surface area (Å²) in [7, 11) is 0. The van der Waals surface area contributed by atoms with Crippen LogP contribution in [0.4, 0.5) is 11.4 Å². The van der Waals surface area contributed by atoms with Crippen LogP contribution in [0, 0.1) is 5.92 Å². The fraction of sp³-hybridized carbons (Fsp3) is 0.556. The Morgan fingerprint density at radius 1 is 1.20 bits per heavy atom. The van der Waals surface area contributed by atoms with Crippen molar-refractivity contribution in [1.29, 1.82) is 0 Å². The molecule has 0 radical (unpaired) electrons. The zero-order chi connectivity index (χ0) is 24.8. The molecular formula is C27H36N4O3S. The van der Waals surface area contributed by atoms with Gasteiger partial charge in [0.2, 0.25) is 5.91 Å². The van der Waals surface area contributed by atoms with Gasteiger partial charge < -0.3 is 14.9 Å². The number of aromatic carboxylic acids is 1. The van der Waals surface area contributed by atoms with Gasteiger partial charge in [-0.2, -0.15) is 0 Å². The summed E-state index contributed by atoms with van der Waals surface area (Å²) in [6, 6.07) is 1.95. The Morgan fingerprint density at radius 2 is 1.94 bits per heavy atom. The molecule has 0 bridgehead atoms. The third kappa shape index (κ3) is 5.74. The van der Waals surface area contributed by atoms with E-state index in [1.807, 2.05) is 23.4 Å². The van der Waals surface area contributed by atoms with Crippen LogP contribution in [0.1, 0.15) is 86.2 Å². The Kier molecular flexibility index (Phi) is 8.55. The van der Waals surface area contributed by atoms with Gasteiger partial charge in [0.05, 0.1) is 23.8 Å². The smallest absolute Gasteiger partial charge is 0.348 e. The summed E-state index contributed by atoms with van der Waals surface area (Å²) in [4.78, 5) is 40.0. The summed E-state index contributed by atoms with van der Waals surface area (Å²) in [6.07, 6.45) is 15.8. The molecule has 2 aromatic heterocycles. The standard InChI is InChI=1S/C27H36N4O3S/c1-3-8-19(4-2)26(32)31(21-11-13-30(14-12-21)22-16-28-18-29-17-22)23-15-24(35-25(23)27(33)34)20-9-6-5-7-10-20/h9,15-19,21H,3-8,10-14H2,1-2H3,(H,33,34). The van der Waals surface area contributed by atoms with Crippen LogP contribution in [0.3, 0.4) is 0 Å². The average Bonchev–Trinajstić information content (AvgIpc) is 3.34. The van der Waals surface area contributed by atoms with Crippen LogP contribution in [0.5, 0.6) is 0 Å². The van der Waals surface area contributed by atoms with Gasteiger partial charge in [-0.05, 0) is 63.0 Å². The monoisotopic (exact) mass is 496 g/mol. The number of hydrogen-bond donors (Lipinski definition) is 1. The van der Waals surface area contributed by atoms with Gasteiger partial charge in [-0.3, -0.25) is 4.79 Å². The van der Waals surface area contributed by atoms with Crippen molar-refractivity contribution in [2.24, 2.45) is 5.92 Å². The molecule has 1 fully saturated rings. The van der Waals surface area contributed by atoms with Crippen molar-refractivity contribution < 1.29 is 14.7 Å². The number of allylic oxidation sites excluding steroid dienone is 2. The van der Waals surface area contributed by atoms with Gasteiger partial charge in [-0.25, -0.2) is 14.8 Å². The number of aromatic nitrogens is 2. The van der Waals surface area contributed by atoms with Gasteiger partial charge in [0, 0.05) is 29.9 Å². The predicted octanol–water partition coefficient (Wildman–Crippen LogP) is 6.02. The molecule has 7 nitrogen and oxygen atoms in total. The lowest BCUT2D eigenvalue weighted by Crippen LogP contribution is -2.50. The quantitative estimate of drug-likeness (QED) is 0.457. The molecule has 0 saturated carbocycles. The van der Waals surface area contributed by atoms with Crippen LogP contribution in [0.15, 0.2) is 30.9 Å². The number of carboxylic acids is 1. The third-order valence-corrected chi connectivity index (χ3v) is 8.42. The summed E-state index contributed by atoms with van der Waals surface area (Å²) in [5.74, 6) is -0.979. The van der Waals surface area contributed by atoms with E-state index in [2.05, 4.69) is 34.8 Å². The summed E-state index contributed by atoms with van der Waals surface area (Å²) in [5.41, 5.74) is 2.79. The minimum Gasteiger partial charge on any atom is -0.477 e. The topological polar surface area (TPSA) is 86.6 Å². The van der Waals surface area contributed by atoms with Crippen molar-refractivity contribution in [2.45, 2.75) is 77.7 Å². The first-order valence-corrected chi connectivity index (χ1v) is 13.7. The van der Waals surface area contributed by atoms with Crippen LogP contribution in [0.2, 0.25) is 0 Å². The van der Waals surface area contributed by atoms with Gasteiger partial charge in [0.1, 0.15) is 11.2 Å². The molecular weight excluding hydrogens is 460 g/mol. The highest BCUT2D eigenvalue weighted by molar-refractivity contribution is 7.15. The third-order valence-electron chi connectivity index (χ3n) is 7.23. The summed E-state index contributed by atoms with van der Waals surface area (Å²) >= 11 is 1.33. The zero-order valence-corrected chi connectivity index (χ0v) is 21.6. The normalized spacial score (nSPS) is 17.7. The van der Waals surface area contributed by atoms with E-state index in [0.29, 0.717) is 5.69 Å². The Morgan fingerprint density at radius 3 is 2.54 bits per heavy atom. The summed E-state index contributed by atoms with van der Waals surface area (Å²) in [6.45, 7) is 5.70. The van der Waals surface area contributed by atoms with E-state index < -0.39 is 5.97 Å². The molecule has 1 saturated heterocycles. The minimum atomic E-state index is -0.951. The molecule has 1 unspecified atom stereocenters. The molecule has 1 atom stereocenters. The Labute approximate surface area is 211 Å². The first-order valence-electron chi connectivity index (χ1n) is 12.9.